The number of benzene rings is 3. The molecule has 0 bridgehead atoms. The third kappa shape index (κ3) is 5.76. The largest absolute Gasteiger partial charge is 0.363 e. The van der Waals surface area contributed by atoms with Crippen LogP contribution in [-0.4, -0.2) is 10.9 Å². The Morgan fingerprint density at radius 2 is 1.76 bits per heavy atom. The van der Waals surface area contributed by atoms with Crippen LogP contribution in [0.2, 0.25) is 5.02 Å². The Hall–Kier alpha value is -3.70. The van der Waals surface area contributed by atoms with E-state index in [-0.39, 0.29) is 24.3 Å². The Bertz CT molecular complexity index is 1230. The Morgan fingerprint density at radius 1 is 1.00 bits per heavy atom. The van der Waals surface area contributed by atoms with E-state index in [9.17, 15) is 9.18 Å². The molecule has 0 aliphatic heterocycles. The number of hydrogen-bond donors (Lipinski definition) is 1. The molecule has 4 aromatic rings. The Kier molecular flexibility index (Phi) is 7.01. The van der Waals surface area contributed by atoms with Gasteiger partial charge >= 0.3 is 0 Å². The zero-order chi connectivity index (χ0) is 23.2. The molecule has 1 aromatic heterocycles. The highest BCUT2D eigenvalue weighted by molar-refractivity contribution is 6.31. The SMILES string of the molecule is C[C@H](Nc1cc(N(Cc2ccc(F)cc2)C(=O)c2cccc(Cl)c2)ccn1)c1ccccc1. The molecule has 0 spiro atoms. The maximum absolute atomic E-state index is 13.5. The molecule has 0 aliphatic rings. The second-order valence-corrected chi connectivity index (χ2v) is 8.14. The monoisotopic (exact) mass is 459 g/mol. The lowest BCUT2D eigenvalue weighted by atomic mass is 10.1. The van der Waals surface area contributed by atoms with Gasteiger partial charge in [0.05, 0.1) is 6.54 Å². The number of carbonyl (C=O) groups is 1. The maximum atomic E-state index is 13.5. The summed E-state index contributed by atoms with van der Waals surface area (Å²) in [5.74, 6) is 0.110. The number of pyridine rings is 1. The van der Waals surface area contributed by atoms with Gasteiger partial charge in [0.25, 0.3) is 5.91 Å². The van der Waals surface area contributed by atoms with Gasteiger partial charge in [-0.25, -0.2) is 9.37 Å². The minimum absolute atomic E-state index is 0.0307. The van der Waals surface area contributed by atoms with Crippen molar-refractivity contribution in [2.45, 2.75) is 19.5 Å². The molecule has 1 atom stereocenters. The summed E-state index contributed by atoms with van der Waals surface area (Å²) in [6, 6.07) is 26.7. The molecule has 6 heteroatoms. The van der Waals surface area contributed by atoms with Crippen molar-refractivity contribution in [1.82, 2.24) is 4.98 Å². The molecule has 1 N–H and O–H groups in total. The number of amides is 1. The Labute approximate surface area is 197 Å². The summed E-state index contributed by atoms with van der Waals surface area (Å²) in [5.41, 5.74) is 3.06. The van der Waals surface area contributed by atoms with Gasteiger partial charge < -0.3 is 10.2 Å². The summed E-state index contributed by atoms with van der Waals surface area (Å²) >= 11 is 6.13. The highest BCUT2D eigenvalue weighted by Crippen LogP contribution is 2.25. The van der Waals surface area contributed by atoms with E-state index in [4.69, 9.17) is 11.6 Å². The lowest BCUT2D eigenvalue weighted by Gasteiger charge is -2.24. The van der Waals surface area contributed by atoms with E-state index in [0.29, 0.717) is 22.1 Å². The summed E-state index contributed by atoms with van der Waals surface area (Å²) in [7, 11) is 0. The quantitative estimate of drug-likeness (QED) is 0.327. The molecule has 166 valence electrons. The number of halogens is 2. The number of carbonyl (C=O) groups excluding carboxylic acids is 1. The van der Waals surface area contributed by atoms with Crippen LogP contribution < -0.4 is 10.2 Å². The number of hydrogen-bond acceptors (Lipinski definition) is 3. The van der Waals surface area contributed by atoms with Gasteiger partial charge in [-0.1, -0.05) is 60.1 Å². The van der Waals surface area contributed by atoms with E-state index in [1.165, 1.54) is 12.1 Å². The summed E-state index contributed by atoms with van der Waals surface area (Å²) in [4.78, 5) is 19.5. The Morgan fingerprint density at radius 3 is 2.48 bits per heavy atom. The van der Waals surface area contributed by atoms with E-state index in [0.717, 1.165) is 11.1 Å². The van der Waals surface area contributed by atoms with Gasteiger partial charge in [-0.2, -0.15) is 0 Å². The predicted octanol–water partition coefficient (Wildman–Crippen LogP) is 6.89. The molecule has 0 saturated heterocycles. The first-order chi connectivity index (χ1) is 16.0. The summed E-state index contributed by atoms with van der Waals surface area (Å²) in [6.07, 6.45) is 1.66. The highest BCUT2D eigenvalue weighted by Gasteiger charge is 2.20. The zero-order valence-corrected chi connectivity index (χ0v) is 18.8. The lowest BCUT2D eigenvalue weighted by Crippen LogP contribution is -2.30. The Balaban J connectivity index is 1.65. The predicted molar refractivity (Wildman–Crippen MR) is 131 cm³/mol. The number of nitrogens with one attached hydrogen (secondary N) is 1. The molecule has 4 nitrogen and oxygen atoms in total. The van der Waals surface area contributed by atoms with E-state index < -0.39 is 0 Å². The van der Waals surface area contributed by atoms with Crippen LogP contribution in [0.5, 0.6) is 0 Å². The fourth-order valence-corrected chi connectivity index (χ4v) is 3.73. The van der Waals surface area contributed by atoms with Gasteiger partial charge in [-0.3, -0.25) is 4.79 Å². The van der Waals surface area contributed by atoms with Crippen molar-refractivity contribution in [3.63, 3.8) is 0 Å². The first-order valence-corrected chi connectivity index (χ1v) is 11.0. The topological polar surface area (TPSA) is 45.2 Å². The fraction of sp³-hybridized carbons (Fsp3) is 0.111. The summed E-state index contributed by atoms with van der Waals surface area (Å²) in [5, 5.41) is 3.88. The number of rotatable bonds is 7. The third-order valence-corrected chi connectivity index (χ3v) is 5.52. The van der Waals surface area contributed by atoms with Gasteiger partial charge in [0.15, 0.2) is 0 Å². The van der Waals surface area contributed by atoms with Gasteiger partial charge in [-0.15, -0.1) is 0 Å². The van der Waals surface area contributed by atoms with E-state index in [1.807, 2.05) is 36.4 Å². The summed E-state index contributed by atoms with van der Waals surface area (Å²) < 4.78 is 13.4. The molecule has 33 heavy (non-hydrogen) atoms. The molecule has 0 saturated carbocycles. The van der Waals surface area contributed by atoms with Crippen LogP contribution in [0.1, 0.15) is 34.5 Å². The van der Waals surface area contributed by atoms with Gasteiger partial charge in [0.2, 0.25) is 0 Å². The van der Waals surface area contributed by atoms with Crippen molar-refractivity contribution in [3.8, 4) is 0 Å². The van der Waals surface area contributed by atoms with Gasteiger partial charge in [0.1, 0.15) is 11.6 Å². The van der Waals surface area contributed by atoms with E-state index in [1.54, 1.807) is 53.6 Å². The lowest BCUT2D eigenvalue weighted by molar-refractivity contribution is 0.0985. The molecular formula is C27H23ClFN3O. The fourth-order valence-electron chi connectivity index (χ4n) is 3.54. The molecule has 1 heterocycles. The third-order valence-electron chi connectivity index (χ3n) is 5.29. The minimum atomic E-state index is -0.322. The van der Waals surface area contributed by atoms with Crippen LogP contribution in [0.3, 0.4) is 0 Å². The molecule has 0 unspecified atom stereocenters. The average molecular weight is 460 g/mol. The van der Waals surface area contributed by atoms with Crippen molar-refractivity contribution in [1.29, 1.82) is 0 Å². The number of nitrogens with zero attached hydrogens (tertiary/aromatic N) is 2. The average Bonchev–Trinajstić information content (AvgIpc) is 2.84. The van der Waals surface area contributed by atoms with Gasteiger partial charge in [-0.05, 0) is 54.4 Å². The molecule has 0 radical (unpaired) electrons. The van der Waals surface area contributed by atoms with Crippen LogP contribution in [0.4, 0.5) is 15.9 Å². The standard InChI is InChI=1S/C27H23ClFN3O/c1-19(21-6-3-2-4-7-21)31-26-17-25(14-15-30-26)32(18-20-10-12-24(29)13-11-20)27(33)22-8-5-9-23(28)16-22/h2-17,19H,18H2,1H3,(H,30,31)/t19-/m0/s1. The van der Waals surface area contributed by atoms with Crippen molar-refractivity contribution in [2.24, 2.45) is 0 Å². The van der Waals surface area contributed by atoms with Crippen LogP contribution >= 0.6 is 11.6 Å². The van der Waals surface area contributed by atoms with Crippen molar-refractivity contribution in [2.75, 3.05) is 10.2 Å². The van der Waals surface area contributed by atoms with Crippen LogP contribution in [0.25, 0.3) is 0 Å². The maximum Gasteiger partial charge on any atom is 0.258 e. The molecular weight excluding hydrogens is 437 g/mol. The van der Waals surface area contributed by atoms with Crippen LogP contribution in [0.15, 0.2) is 97.2 Å². The highest BCUT2D eigenvalue weighted by atomic mass is 35.5. The molecule has 0 aliphatic carbocycles. The second kappa shape index (κ2) is 10.3. The van der Waals surface area contributed by atoms with E-state index >= 15 is 0 Å². The smallest absolute Gasteiger partial charge is 0.258 e. The van der Waals surface area contributed by atoms with Crippen molar-refractivity contribution < 1.29 is 9.18 Å². The minimum Gasteiger partial charge on any atom is -0.363 e. The van der Waals surface area contributed by atoms with E-state index in [2.05, 4.69) is 17.2 Å². The number of aromatic nitrogens is 1. The zero-order valence-electron chi connectivity index (χ0n) is 18.1. The second-order valence-electron chi connectivity index (χ2n) is 7.70. The van der Waals surface area contributed by atoms with Crippen LogP contribution in [0, 0.1) is 5.82 Å². The number of anilines is 2. The molecule has 1 amide bonds. The molecule has 4 rings (SSSR count). The first kappa shape index (κ1) is 22.5. The van der Waals surface area contributed by atoms with Crippen molar-refractivity contribution in [3.05, 3.63) is 125 Å². The molecule has 3 aromatic carbocycles. The van der Waals surface area contributed by atoms with Crippen molar-refractivity contribution >= 4 is 29.0 Å². The normalized spacial score (nSPS) is 11.6. The van der Waals surface area contributed by atoms with Crippen LogP contribution in [-0.2, 0) is 6.54 Å². The first-order valence-electron chi connectivity index (χ1n) is 10.6. The summed E-state index contributed by atoms with van der Waals surface area (Å²) in [6.45, 7) is 2.32. The molecule has 0 fully saturated rings. The van der Waals surface area contributed by atoms with Gasteiger partial charge in [0, 0.05) is 34.6 Å².